The summed E-state index contributed by atoms with van der Waals surface area (Å²) in [5, 5.41) is 30.0. The van der Waals surface area contributed by atoms with Crippen LogP contribution < -0.4 is 16.0 Å². The van der Waals surface area contributed by atoms with E-state index in [0.717, 1.165) is 11.1 Å². The first-order valence-corrected chi connectivity index (χ1v) is 11.0. The fourth-order valence-electron chi connectivity index (χ4n) is 3.38. The molecule has 0 fully saturated rings. The van der Waals surface area contributed by atoms with E-state index in [9.17, 15) is 15.0 Å². The number of carbonyl (C=O) groups is 1. The molecule has 32 heavy (non-hydrogen) atoms. The Labute approximate surface area is 191 Å². The van der Waals surface area contributed by atoms with Gasteiger partial charge in [0.05, 0.1) is 13.2 Å². The van der Waals surface area contributed by atoms with Crippen molar-refractivity contribution in [3.8, 4) is 5.75 Å². The largest absolute Gasteiger partial charge is 0.508 e. The number of benzene rings is 2. The number of alkyl carbamates (subject to hydrolysis) is 1. The lowest BCUT2D eigenvalue weighted by Crippen LogP contribution is -2.54. The molecule has 7 heteroatoms. The zero-order valence-corrected chi connectivity index (χ0v) is 19.5. The molecule has 3 atom stereocenters. The van der Waals surface area contributed by atoms with E-state index < -0.39 is 12.2 Å². The number of nitrogens with one attached hydrogen (secondary N) is 3. The number of hydrogen-bond donors (Lipinski definition) is 5. The van der Waals surface area contributed by atoms with Crippen molar-refractivity contribution >= 4 is 6.09 Å². The summed E-state index contributed by atoms with van der Waals surface area (Å²) < 4.78 is 4.78. The van der Waals surface area contributed by atoms with Crippen molar-refractivity contribution in [1.82, 2.24) is 16.0 Å². The third-order valence-electron chi connectivity index (χ3n) is 5.49. The summed E-state index contributed by atoms with van der Waals surface area (Å²) >= 11 is 0. The fraction of sp³-hybridized carbons (Fsp3) is 0.480. The number of aliphatic hydroxyl groups excluding tert-OH is 1. The molecule has 0 bridgehead atoms. The van der Waals surface area contributed by atoms with Crippen LogP contribution in [0.5, 0.6) is 5.75 Å². The van der Waals surface area contributed by atoms with Gasteiger partial charge >= 0.3 is 6.09 Å². The maximum absolute atomic E-state index is 11.8. The molecular weight excluding hydrogens is 406 g/mol. The molecule has 0 spiro atoms. The van der Waals surface area contributed by atoms with E-state index in [1.807, 2.05) is 42.5 Å². The Hall–Kier alpha value is -2.61. The lowest BCUT2D eigenvalue weighted by atomic mass is 9.86. The number of aromatic hydroxyl groups is 1. The minimum Gasteiger partial charge on any atom is -0.508 e. The number of methoxy groups -OCH3 is 1. The molecule has 0 aliphatic carbocycles. The highest BCUT2D eigenvalue weighted by atomic mass is 16.5. The number of hydrogen-bond acceptors (Lipinski definition) is 6. The normalized spacial score (nSPS) is 14.4. The minimum atomic E-state index is -0.647. The van der Waals surface area contributed by atoms with Crippen molar-refractivity contribution in [2.45, 2.75) is 51.9 Å². The van der Waals surface area contributed by atoms with E-state index in [-0.39, 0.29) is 23.2 Å². The molecule has 0 radical (unpaired) electrons. The second-order valence-corrected chi connectivity index (χ2v) is 9.12. The summed E-state index contributed by atoms with van der Waals surface area (Å²) in [6.07, 6.45) is -0.466. The van der Waals surface area contributed by atoms with Crippen molar-refractivity contribution in [3.63, 3.8) is 0 Å². The predicted octanol–water partition coefficient (Wildman–Crippen LogP) is 2.81. The van der Waals surface area contributed by atoms with E-state index in [1.54, 1.807) is 12.1 Å². The van der Waals surface area contributed by atoms with Crippen molar-refractivity contribution in [3.05, 3.63) is 65.7 Å². The number of phenolic OH excluding ortho intramolecular Hbond substituents is 1. The molecular formula is C25H37N3O4. The molecule has 0 saturated carbocycles. The average Bonchev–Trinajstić information content (AvgIpc) is 2.76. The molecule has 0 aromatic heterocycles. The Morgan fingerprint density at radius 2 is 1.66 bits per heavy atom. The monoisotopic (exact) mass is 443 g/mol. The molecule has 0 saturated heterocycles. The number of ether oxygens (including phenoxy) is 1. The van der Waals surface area contributed by atoms with E-state index in [2.05, 4.69) is 36.7 Å². The number of amides is 1. The number of carbonyl (C=O) groups excluding carboxylic acids is 1. The first-order valence-electron chi connectivity index (χ1n) is 11.0. The quantitative estimate of drug-likeness (QED) is 0.366. The molecule has 0 heterocycles. The predicted molar refractivity (Wildman–Crippen MR) is 127 cm³/mol. The van der Waals surface area contributed by atoms with Crippen LogP contribution in [0.4, 0.5) is 4.79 Å². The van der Waals surface area contributed by atoms with Gasteiger partial charge in [0.15, 0.2) is 0 Å². The number of rotatable bonds is 11. The molecule has 176 valence electrons. The van der Waals surface area contributed by atoms with Gasteiger partial charge in [0.2, 0.25) is 0 Å². The number of aliphatic hydroxyl groups is 1. The fourth-order valence-corrected chi connectivity index (χ4v) is 3.38. The first kappa shape index (κ1) is 25.6. The van der Waals surface area contributed by atoms with Gasteiger partial charge in [-0.2, -0.15) is 0 Å². The molecule has 1 amide bonds. The second-order valence-electron chi connectivity index (χ2n) is 9.12. The maximum atomic E-state index is 11.8. The SMILES string of the molecule is COC(=O)NC(CNC(Cc1ccccc1)C(O)CNCc1ccc(O)cc1)C(C)(C)C. The van der Waals surface area contributed by atoms with Gasteiger partial charge in [0, 0.05) is 31.7 Å². The van der Waals surface area contributed by atoms with Crippen LogP contribution in [0.25, 0.3) is 0 Å². The van der Waals surface area contributed by atoms with Crippen molar-refractivity contribution < 1.29 is 19.7 Å². The Morgan fingerprint density at radius 1 is 1.00 bits per heavy atom. The summed E-state index contributed by atoms with van der Waals surface area (Å²) in [6, 6.07) is 16.6. The van der Waals surface area contributed by atoms with Gasteiger partial charge in [0.25, 0.3) is 0 Å². The van der Waals surface area contributed by atoms with Gasteiger partial charge in [-0.1, -0.05) is 63.2 Å². The standard InChI is InChI=1S/C25H37N3O4/c1-25(2,3)23(28-24(31)32-4)17-27-21(14-18-8-6-5-7-9-18)22(30)16-26-15-19-10-12-20(29)13-11-19/h5-13,21-23,26-27,29-30H,14-17H2,1-4H3,(H,28,31). The molecule has 0 aliphatic rings. The van der Waals surface area contributed by atoms with Crippen LogP contribution in [0.1, 0.15) is 31.9 Å². The van der Waals surface area contributed by atoms with Gasteiger partial charge in [-0.05, 0) is 35.1 Å². The van der Waals surface area contributed by atoms with Crippen LogP contribution in [0, 0.1) is 5.41 Å². The van der Waals surface area contributed by atoms with E-state index in [1.165, 1.54) is 7.11 Å². The summed E-state index contributed by atoms with van der Waals surface area (Å²) in [6.45, 7) is 7.64. The van der Waals surface area contributed by atoms with Crippen LogP contribution in [-0.2, 0) is 17.7 Å². The average molecular weight is 444 g/mol. The van der Waals surface area contributed by atoms with Gasteiger partial charge in [0.1, 0.15) is 5.75 Å². The summed E-state index contributed by atoms with van der Waals surface area (Å²) in [5.74, 6) is 0.231. The van der Waals surface area contributed by atoms with Crippen LogP contribution >= 0.6 is 0 Å². The van der Waals surface area contributed by atoms with Crippen LogP contribution in [0.2, 0.25) is 0 Å². The summed E-state index contributed by atoms with van der Waals surface area (Å²) in [4.78, 5) is 11.8. The van der Waals surface area contributed by atoms with Crippen molar-refractivity contribution in [2.24, 2.45) is 5.41 Å². The van der Waals surface area contributed by atoms with Gasteiger partial charge in [-0.25, -0.2) is 4.79 Å². The van der Waals surface area contributed by atoms with Crippen molar-refractivity contribution in [1.29, 1.82) is 0 Å². The zero-order chi connectivity index (χ0) is 23.6. The highest BCUT2D eigenvalue weighted by Crippen LogP contribution is 2.19. The minimum absolute atomic E-state index is 0.176. The summed E-state index contributed by atoms with van der Waals surface area (Å²) in [7, 11) is 1.35. The molecule has 2 aromatic carbocycles. The molecule has 3 unspecified atom stereocenters. The molecule has 0 aliphatic heterocycles. The number of phenols is 1. The lowest BCUT2D eigenvalue weighted by Gasteiger charge is -2.34. The Balaban J connectivity index is 2.01. The highest BCUT2D eigenvalue weighted by molar-refractivity contribution is 5.67. The Morgan fingerprint density at radius 3 is 2.25 bits per heavy atom. The van der Waals surface area contributed by atoms with Crippen molar-refractivity contribution in [2.75, 3.05) is 20.2 Å². The van der Waals surface area contributed by atoms with E-state index >= 15 is 0 Å². The van der Waals surface area contributed by atoms with Gasteiger partial charge in [-0.3, -0.25) is 0 Å². The Bertz CT molecular complexity index is 806. The van der Waals surface area contributed by atoms with Gasteiger partial charge < -0.3 is 30.9 Å². The van der Waals surface area contributed by atoms with Crippen LogP contribution in [0.3, 0.4) is 0 Å². The smallest absolute Gasteiger partial charge is 0.407 e. The van der Waals surface area contributed by atoms with E-state index in [0.29, 0.717) is 26.1 Å². The topological polar surface area (TPSA) is 103 Å². The van der Waals surface area contributed by atoms with Crippen LogP contribution in [0.15, 0.2) is 54.6 Å². The maximum Gasteiger partial charge on any atom is 0.407 e. The second kappa shape index (κ2) is 12.4. The molecule has 5 N–H and O–H groups in total. The summed E-state index contributed by atoms with van der Waals surface area (Å²) in [5.41, 5.74) is 1.95. The van der Waals surface area contributed by atoms with E-state index in [4.69, 9.17) is 4.74 Å². The van der Waals surface area contributed by atoms with Crippen LogP contribution in [-0.4, -0.2) is 54.7 Å². The highest BCUT2D eigenvalue weighted by Gasteiger charge is 2.28. The third-order valence-corrected chi connectivity index (χ3v) is 5.49. The molecule has 2 aromatic rings. The third kappa shape index (κ3) is 8.86. The molecule has 7 nitrogen and oxygen atoms in total. The first-order chi connectivity index (χ1) is 15.2. The molecule has 2 rings (SSSR count). The Kier molecular flexibility index (Phi) is 9.97. The van der Waals surface area contributed by atoms with Gasteiger partial charge in [-0.15, -0.1) is 0 Å². The lowest BCUT2D eigenvalue weighted by molar-refractivity contribution is 0.116. The zero-order valence-electron chi connectivity index (χ0n) is 19.5.